The molecule has 4 aliphatic rings. The Morgan fingerprint density at radius 2 is 0.921 bits per heavy atom. The Bertz CT molecular complexity index is 543. The summed E-state index contributed by atoms with van der Waals surface area (Å²) in [6, 6.07) is 0. The Labute approximate surface area is 233 Å². The molecule has 0 spiro atoms. The molecular formula is C30H60O8. The molecule has 0 bridgehead atoms. The van der Waals surface area contributed by atoms with E-state index in [0.717, 1.165) is 25.7 Å². The number of hydrogen-bond acceptors (Lipinski definition) is 8. The highest BCUT2D eigenvalue weighted by atomic mass is 16.6. The van der Waals surface area contributed by atoms with Crippen LogP contribution in [-0.2, 0) is 38.1 Å². The molecule has 228 valence electrons. The first-order chi connectivity index (χ1) is 18.2. The highest BCUT2D eigenvalue weighted by molar-refractivity contribution is 5.71. The average Bonchev–Trinajstić information content (AvgIpc) is 3.51. The van der Waals surface area contributed by atoms with E-state index in [2.05, 4.69) is 11.7 Å². The van der Waals surface area contributed by atoms with E-state index >= 15 is 0 Å². The number of carbonyl (C=O) groups is 4. The van der Waals surface area contributed by atoms with E-state index in [-0.39, 0.29) is 36.1 Å². The van der Waals surface area contributed by atoms with Gasteiger partial charge < -0.3 is 18.9 Å². The fourth-order valence-corrected chi connectivity index (χ4v) is 2.93. The standard InChI is InChI=1S/2C6H10O2.2C5H8O2.4C2H6/c1-5-2-3-6(7)8-4-5;1-5-3-2-4-6(7)8-5;1-4-2-5(6)7-3-4;1-4-2-3-5(6)7-4;4*1-2/h2*5H,2-4H2,1H3;2*4H,2-3H2,1H3;4*1-2H3. The lowest BCUT2D eigenvalue weighted by Gasteiger charge is -2.17. The van der Waals surface area contributed by atoms with Gasteiger partial charge in [0.25, 0.3) is 0 Å². The number of hydrogen-bond donors (Lipinski definition) is 0. The Morgan fingerprint density at radius 1 is 0.500 bits per heavy atom. The van der Waals surface area contributed by atoms with E-state index in [0.29, 0.717) is 50.7 Å². The van der Waals surface area contributed by atoms with Gasteiger partial charge in [-0.1, -0.05) is 69.2 Å². The third-order valence-electron chi connectivity index (χ3n) is 4.83. The van der Waals surface area contributed by atoms with E-state index < -0.39 is 0 Å². The first-order valence-electron chi connectivity index (χ1n) is 14.9. The zero-order valence-corrected chi connectivity index (χ0v) is 26.6. The minimum atomic E-state index is -0.0486. The van der Waals surface area contributed by atoms with Crippen LogP contribution in [0.5, 0.6) is 0 Å². The average molecular weight is 549 g/mol. The van der Waals surface area contributed by atoms with E-state index in [1.165, 1.54) is 0 Å². The quantitative estimate of drug-likeness (QED) is 0.227. The van der Waals surface area contributed by atoms with Crippen LogP contribution in [0, 0.1) is 11.8 Å². The molecule has 0 amide bonds. The van der Waals surface area contributed by atoms with Gasteiger partial charge in [0.15, 0.2) is 0 Å². The number of cyclic esters (lactones) is 4. The fourth-order valence-electron chi connectivity index (χ4n) is 2.93. The second-order valence-electron chi connectivity index (χ2n) is 8.35. The molecule has 4 fully saturated rings. The molecule has 4 atom stereocenters. The maximum Gasteiger partial charge on any atom is 0.306 e. The van der Waals surface area contributed by atoms with Crippen LogP contribution in [0.25, 0.3) is 0 Å². The summed E-state index contributed by atoms with van der Waals surface area (Å²) in [5.74, 6) is 0.854. The van der Waals surface area contributed by atoms with Crippen LogP contribution < -0.4 is 0 Å². The van der Waals surface area contributed by atoms with E-state index in [1.807, 2.05) is 76.2 Å². The molecule has 0 aromatic heterocycles. The third kappa shape index (κ3) is 28.5. The summed E-state index contributed by atoms with van der Waals surface area (Å²) in [4.78, 5) is 41.3. The minimum Gasteiger partial charge on any atom is -0.465 e. The molecule has 4 rings (SSSR count). The van der Waals surface area contributed by atoms with Crippen molar-refractivity contribution < 1.29 is 38.1 Å². The van der Waals surface area contributed by atoms with Gasteiger partial charge in [-0.3, -0.25) is 19.2 Å². The molecule has 0 aliphatic carbocycles. The molecule has 4 aliphatic heterocycles. The van der Waals surface area contributed by atoms with Crippen LogP contribution in [0.4, 0.5) is 0 Å². The highest BCUT2D eigenvalue weighted by Gasteiger charge is 2.18. The van der Waals surface area contributed by atoms with Crippen LogP contribution in [0.3, 0.4) is 0 Å². The van der Waals surface area contributed by atoms with E-state index in [4.69, 9.17) is 14.2 Å². The van der Waals surface area contributed by atoms with E-state index in [1.54, 1.807) is 0 Å². The number of esters is 4. The van der Waals surface area contributed by atoms with Gasteiger partial charge in [-0.05, 0) is 45.4 Å². The lowest BCUT2D eigenvalue weighted by atomic mass is 10.1. The second-order valence-corrected chi connectivity index (χ2v) is 8.35. The van der Waals surface area contributed by atoms with Crippen molar-refractivity contribution in [1.29, 1.82) is 0 Å². The third-order valence-corrected chi connectivity index (χ3v) is 4.83. The summed E-state index contributed by atoms with van der Waals surface area (Å²) in [5.41, 5.74) is 0. The van der Waals surface area contributed by atoms with Crippen LogP contribution in [0.1, 0.15) is 134 Å². The number of rotatable bonds is 0. The Kier molecular flexibility index (Phi) is 35.2. The molecule has 0 aromatic carbocycles. The van der Waals surface area contributed by atoms with Gasteiger partial charge >= 0.3 is 23.9 Å². The van der Waals surface area contributed by atoms with Crippen molar-refractivity contribution in [3.8, 4) is 0 Å². The lowest BCUT2D eigenvalue weighted by molar-refractivity contribution is -0.152. The van der Waals surface area contributed by atoms with Crippen molar-refractivity contribution in [2.24, 2.45) is 11.8 Å². The van der Waals surface area contributed by atoms with Gasteiger partial charge in [0.05, 0.1) is 31.8 Å². The molecule has 38 heavy (non-hydrogen) atoms. The van der Waals surface area contributed by atoms with Crippen molar-refractivity contribution in [2.45, 2.75) is 147 Å². The van der Waals surface area contributed by atoms with Gasteiger partial charge in [0.1, 0.15) is 0 Å². The predicted molar refractivity (Wildman–Crippen MR) is 154 cm³/mol. The summed E-state index contributed by atoms with van der Waals surface area (Å²) in [6.45, 7) is 25.2. The molecular weight excluding hydrogens is 488 g/mol. The highest BCUT2D eigenvalue weighted by Crippen LogP contribution is 2.13. The van der Waals surface area contributed by atoms with Crippen molar-refractivity contribution >= 4 is 23.9 Å². The molecule has 8 nitrogen and oxygen atoms in total. The van der Waals surface area contributed by atoms with Gasteiger partial charge in [0, 0.05) is 25.2 Å². The smallest absolute Gasteiger partial charge is 0.306 e. The van der Waals surface area contributed by atoms with Crippen LogP contribution in [0.15, 0.2) is 0 Å². The predicted octanol–water partition coefficient (Wildman–Crippen LogP) is 7.45. The molecule has 8 heteroatoms. The fraction of sp³-hybridized carbons (Fsp3) is 0.867. The minimum absolute atomic E-state index is 0.0382. The number of ether oxygens (including phenoxy) is 4. The second kappa shape index (κ2) is 31.1. The maximum absolute atomic E-state index is 10.5. The molecule has 4 heterocycles. The van der Waals surface area contributed by atoms with Gasteiger partial charge in [0.2, 0.25) is 0 Å². The molecule has 0 aromatic rings. The topological polar surface area (TPSA) is 105 Å². The number of carbonyl (C=O) groups excluding carboxylic acids is 4. The summed E-state index contributed by atoms with van der Waals surface area (Å²) in [6.07, 6.45) is 6.72. The van der Waals surface area contributed by atoms with Crippen LogP contribution in [0.2, 0.25) is 0 Å². The summed E-state index contributed by atoms with van der Waals surface area (Å²) < 4.78 is 18.9. The molecule has 0 saturated carbocycles. The molecule has 0 N–H and O–H groups in total. The van der Waals surface area contributed by atoms with Gasteiger partial charge in [-0.25, -0.2) is 0 Å². The van der Waals surface area contributed by atoms with E-state index in [9.17, 15) is 19.2 Å². The Hall–Kier alpha value is -2.12. The van der Waals surface area contributed by atoms with Crippen molar-refractivity contribution in [3.05, 3.63) is 0 Å². The lowest BCUT2D eigenvalue weighted by Crippen LogP contribution is -2.19. The summed E-state index contributed by atoms with van der Waals surface area (Å²) >= 11 is 0. The summed E-state index contributed by atoms with van der Waals surface area (Å²) in [5, 5.41) is 0. The van der Waals surface area contributed by atoms with Crippen LogP contribution in [-0.4, -0.2) is 49.3 Å². The van der Waals surface area contributed by atoms with Gasteiger partial charge in [-0.2, -0.15) is 0 Å². The zero-order chi connectivity index (χ0) is 30.5. The first kappa shape index (κ1) is 43.0. The van der Waals surface area contributed by atoms with Crippen molar-refractivity contribution in [2.75, 3.05) is 13.2 Å². The van der Waals surface area contributed by atoms with Crippen molar-refractivity contribution in [3.63, 3.8) is 0 Å². The maximum atomic E-state index is 10.5. The molecule has 4 unspecified atom stereocenters. The Balaban J connectivity index is -0.000000186. The first-order valence-corrected chi connectivity index (χ1v) is 14.9. The molecule has 4 saturated heterocycles. The zero-order valence-electron chi connectivity index (χ0n) is 26.6. The summed E-state index contributed by atoms with van der Waals surface area (Å²) in [7, 11) is 0. The Morgan fingerprint density at radius 3 is 1.13 bits per heavy atom. The monoisotopic (exact) mass is 548 g/mol. The van der Waals surface area contributed by atoms with Gasteiger partial charge in [-0.15, -0.1) is 0 Å². The normalized spacial score (nSPS) is 24.3. The molecule has 0 radical (unpaired) electrons. The van der Waals surface area contributed by atoms with Crippen molar-refractivity contribution in [1.82, 2.24) is 0 Å². The van der Waals surface area contributed by atoms with Crippen LogP contribution >= 0.6 is 0 Å². The largest absolute Gasteiger partial charge is 0.465 e. The SMILES string of the molecule is CC.CC.CC.CC.CC1CCC(=O)O1.CC1CCC(=O)OC1.CC1CCCC(=O)O1.CC1COC(=O)C1.